The molecule has 2 aromatic heterocycles. The van der Waals surface area contributed by atoms with Gasteiger partial charge in [0, 0.05) is 31.3 Å². The summed E-state index contributed by atoms with van der Waals surface area (Å²) < 4.78 is 0. The van der Waals surface area contributed by atoms with Crippen LogP contribution < -0.4 is 0 Å². The van der Waals surface area contributed by atoms with Gasteiger partial charge < -0.3 is 0 Å². The number of fused-ring (bicyclic) bond motifs is 6. The molecule has 2 unspecified atom stereocenters. The number of benzene rings is 6. The van der Waals surface area contributed by atoms with Gasteiger partial charge in [-0.3, -0.25) is 0 Å². The Balaban J connectivity index is 1.01. The van der Waals surface area contributed by atoms with Crippen molar-refractivity contribution in [1.29, 1.82) is 0 Å². The maximum Gasteiger partial charge on any atom is 0.0446 e. The first kappa shape index (κ1) is 27.8. The Kier molecular flexibility index (Phi) is 6.46. The maximum atomic E-state index is 2.39. The monoisotopic (exact) mass is 646 g/mol. The fourth-order valence-corrected chi connectivity index (χ4v) is 10.3. The van der Waals surface area contributed by atoms with Crippen molar-refractivity contribution < 1.29 is 0 Å². The molecular formula is C46H30S2. The summed E-state index contributed by atoms with van der Waals surface area (Å²) in [6.45, 7) is 0. The minimum Gasteiger partial charge on any atom is -0.138 e. The van der Waals surface area contributed by atoms with E-state index >= 15 is 0 Å². The first-order valence-electron chi connectivity index (χ1n) is 16.6. The van der Waals surface area contributed by atoms with Crippen molar-refractivity contribution in [1.82, 2.24) is 0 Å². The van der Waals surface area contributed by atoms with Crippen LogP contribution >= 0.6 is 22.7 Å². The fraction of sp³-hybridized carbons (Fsp3) is 0.0435. The molecular weight excluding hydrogens is 617 g/mol. The molecule has 226 valence electrons. The van der Waals surface area contributed by atoms with Crippen LogP contribution in [0, 0.1) is 0 Å². The fourth-order valence-electron chi connectivity index (χ4n) is 7.92. The molecule has 2 heteroatoms. The lowest BCUT2D eigenvalue weighted by Gasteiger charge is -2.13. The van der Waals surface area contributed by atoms with Crippen LogP contribution in [-0.4, -0.2) is 0 Å². The second-order valence-electron chi connectivity index (χ2n) is 12.8. The summed E-state index contributed by atoms with van der Waals surface area (Å²) in [7, 11) is 0. The van der Waals surface area contributed by atoms with Crippen LogP contribution in [0.2, 0.25) is 0 Å². The second-order valence-corrected chi connectivity index (χ2v) is 15.0. The Morgan fingerprint density at radius 3 is 1.15 bits per heavy atom. The molecule has 2 heterocycles. The summed E-state index contributed by atoms with van der Waals surface area (Å²) in [5.74, 6) is 0.512. The van der Waals surface area contributed by atoms with E-state index < -0.39 is 0 Å². The van der Waals surface area contributed by atoms with E-state index in [0.29, 0.717) is 0 Å². The number of rotatable bonds is 5. The molecule has 2 aliphatic rings. The average molecular weight is 647 g/mol. The van der Waals surface area contributed by atoms with E-state index in [1.165, 1.54) is 86.3 Å². The van der Waals surface area contributed by atoms with Crippen molar-refractivity contribution in [2.75, 3.05) is 0 Å². The van der Waals surface area contributed by atoms with Crippen molar-refractivity contribution in [2.45, 2.75) is 11.8 Å². The molecule has 0 bridgehead atoms. The van der Waals surface area contributed by atoms with Gasteiger partial charge >= 0.3 is 0 Å². The number of thiophene rings is 2. The zero-order valence-corrected chi connectivity index (χ0v) is 27.8. The minimum absolute atomic E-state index is 0.256. The van der Waals surface area contributed by atoms with Crippen molar-refractivity contribution in [2.24, 2.45) is 0 Å². The summed E-state index contributed by atoms with van der Waals surface area (Å²) in [5, 5.41) is 0. The maximum absolute atomic E-state index is 2.39. The molecule has 2 atom stereocenters. The summed E-state index contributed by atoms with van der Waals surface area (Å²) in [6, 6.07) is 62.9. The molecule has 0 saturated heterocycles. The molecule has 0 spiro atoms. The van der Waals surface area contributed by atoms with Crippen molar-refractivity contribution in [3.8, 4) is 54.3 Å². The molecule has 0 fully saturated rings. The highest BCUT2D eigenvalue weighted by atomic mass is 32.1. The summed E-state index contributed by atoms with van der Waals surface area (Å²) in [4.78, 5) is 5.50. The highest BCUT2D eigenvalue weighted by Gasteiger charge is 2.33. The van der Waals surface area contributed by atoms with Gasteiger partial charge in [0.15, 0.2) is 0 Å². The van der Waals surface area contributed by atoms with Crippen molar-refractivity contribution in [3.63, 3.8) is 0 Å². The van der Waals surface area contributed by atoms with E-state index in [2.05, 4.69) is 170 Å². The van der Waals surface area contributed by atoms with Crippen LogP contribution in [0.15, 0.2) is 170 Å². The SMILES string of the molecule is c1ccc(-c2ccc3c(c2)-c2ccccc2C3c2ccc(-c3ccc(C4c5ccccc5-c5cc(-c6ccccc6)ccc54)s3)s2)cc1. The smallest absolute Gasteiger partial charge is 0.0446 e. The lowest BCUT2D eigenvalue weighted by atomic mass is 9.94. The van der Waals surface area contributed by atoms with E-state index in [0.717, 1.165) is 0 Å². The predicted molar refractivity (Wildman–Crippen MR) is 204 cm³/mol. The third-order valence-corrected chi connectivity index (χ3v) is 12.6. The molecule has 0 N–H and O–H groups in total. The van der Waals surface area contributed by atoms with E-state index in [4.69, 9.17) is 0 Å². The second kappa shape index (κ2) is 11.2. The largest absolute Gasteiger partial charge is 0.138 e. The molecule has 10 rings (SSSR count). The molecule has 0 radical (unpaired) electrons. The van der Waals surface area contributed by atoms with Gasteiger partial charge in [-0.25, -0.2) is 0 Å². The average Bonchev–Trinajstić information content (AvgIpc) is 3.95. The Labute approximate surface area is 289 Å². The van der Waals surface area contributed by atoms with E-state index in [-0.39, 0.29) is 11.8 Å². The molecule has 2 aliphatic carbocycles. The van der Waals surface area contributed by atoms with Crippen LogP contribution in [0.25, 0.3) is 54.3 Å². The van der Waals surface area contributed by atoms with Crippen LogP contribution in [-0.2, 0) is 0 Å². The molecule has 8 aromatic rings. The van der Waals surface area contributed by atoms with E-state index in [1.54, 1.807) is 0 Å². The van der Waals surface area contributed by atoms with Gasteiger partial charge in [0.05, 0.1) is 0 Å². The zero-order valence-electron chi connectivity index (χ0n) is 26.1. The third-order valence-electron chi connectivity index (χ3n) is 10.1. The molecule has 0 amide bonds. The topological polar surface area (TPSA) is 0 Å². The summed E-state index contributed by atoms with van der Waals surface area (Å²) >= 11 is 3.90. The lowest BCUT2D eigenvalue weighted by Crippen LogP contribution is -1.96. The van der Waals surface area contributed by atoms with Gasteiger partial charge in [0.25, 0.3) is 0 Å². The Bertz CT molecular complexity index is 2290. The van der Waals surface area contributed by atoms with E-state index in [1.807, 2.05) is 22.7 Å². The van der Waals surface area contributed by atoms with Gasteiger partial charge in [0.1, 0.15) is 0 Å². The standard InChI is InChI=1S/C46H30S2/c1-3-11-29(12-4-1)31-19-21-37-39(27-31)33-15-7-9-17-35(33)45(37)43-25-23-41(47-43)42-24-26-44(48-42)46-36-18-10-8-16-34(36)40-28-32(20-22-38(40)46)30-13-5-2-6-14-30/h1-28,45-46H. The van der Waals surface area contributed by atoms with Gasteiger partial charge in [-0.2, -0.15) is 0 Å². The van der Waals surface area contributed by atoms with Gasteiger partial charge in [-0.15, -0.1) is 22.7 Å². The Morgan fingerprint density at radius 2 is 0.688 bits per heavy atom. The first-order chi connectivity index (χ1) is 23.8. The Hall–Kier alpha value is -5.28. The molecule has 0 aliphatic heterocycles. The van der Waals surface area contributed by atoms with Crippen LogP contribution in [0.5, 0.6) is 0 Å². The molecule has 6 aromatic carbocycles. The molecule has 0 nitrogen and oxygen atoms in total. The molecule has 48 heavy (non-hydrogen) atoms. The van der Waals surface area contributed by atoms with Crippen molar-refractivity contribution in [3.05, 3.63) is 202 Å². The van der Waals surface area contributed by atoms with Gasteiger partial charge in [-0.1, -0.05) is 133 Å². The van der Waals surface area contributed by atoms with Crippen molar-refractivity contribution >= 4 is 22.7 Å². The normalized spacial score (nSPS) is 15.5. The van der Waals surface area contributed by atoms with Crippen LogP contribution in [0.3, 0.4) is 0 Å². The summed E-state index contributed by atoms with van der Waals surface area (Å²) in [6.07, 6.45) is 0. The predicted octanol–water partition coefficient (Wildman–Crippen LogP) is 13.1. The zero-order chi connectivity index (χ0) is 31.6. The van der Waals surface area contributed by atoms with Crippen LogP contribution in [0.4, 0.5) is 0 Å². The van der Waals surface area contributed by atoms with Crippen LogP contribution in [0.1, 0.15) is 43.8 Å². The lowest BCUT2D eigenvalue weighted by molar-refractivity contribution is 1.05. The quantitative estimate of drug-likeness (QED) is 0.175. The highest BCUT2D eigenvalue weighted by Crippen LogP contribution is 2.53. The van der Waals surface area contributed by atoms with Gasteiger partial charge in [0.2, 0.25) is 0 Å². The molecule has 0 saturated carbocycles. The first-order valence-corrected chi connectivity index (χ1v) is 18.2. The number of hydrogen-bond acceptors (Lipinski definition) is 2. The number of hydrogen-bond donors (Lipinski definition) is 0. The highest BCUT2D eigenvalue weighted by molar-refractivity contribution is 7.22. The summed E-state index contributed by atoms with van der Waals surface area (Å²) in [5.41, 5.74) is 16.1. The Morgan fingerprint density at radius 1 is 0.292 bits per heavy atom. The minimum atomic E-state index is 0.256. The van der Waals surface area contributed by atoms with Gasteiger partial charge in [-0.05, 0) is 103 Å². The third kappa shape index (κ3) is 4.41. The van der Waals surface area contributed by atoms with E-state index in [9.17, 15) is 0 Å².